The standard InChI is InChI=1S/C16H21FN2/c1-12-5-3-4-6-16(12)19(2)11-14-8-7-13(10-18)9-15(14)17/h7-9,12,16H,3-6,11H2,1-2H3. The molecule has 1 saturated carbocycles. The van der Waals surface area contributed by atoms with Crippen molar-refractivity contribution in [3.8, 4) is 6.07 Å². The first-order valence-corrected chi connectivity index (χ1v) is 7.00. The van der Waals surface area contributed by atoms with Crippen LogP contribution in [0.3, 0.4) is 0 Å². The Balaban J connectivity index is 2.06. The van der Waals surface area contributed by atoms with Gasteiger partial charge in [0.15, 0.2) is 0 Å². The van der Waals surface area contributed by atoms with Crippen LogP contribution in [0.4, 0.5) is 4.39 Å². The zero-order chi connectivity index (χ0) is 13.8. The second kappa shape index (κ2) is 6.16. The van der Waals surface area contributed by atoms with Crippen molar-refractivity contribution >= 4 is 0 Å². The van der Waals surface area contributed by atoms with Crippen LogP contribution in [0.15, 0.2) is 18.2 Å². The van der Waals surface area contributed by atoms with E-state index in [0.717, 1.165) is 0 Å². The molecule has 0 N–H and O–H groups in total. The molecule has 2 atom stereocenters. The third kappa shape index (κ3) is 3.33. The maximum atomic E-state index is 13.9. The van der Waals surface area contributed by atoms with Crippen LogP contribution in [0, 0.1) is 23.1 Å². The second-order valence-electron chi connectivity index (χ2n) is 5.66. The highest BCUT2D eigenvalue weighted by atomic mass is 19.1. The van der Waals surface area contributed by atoms with E-state index in [1.165, 1.54) is 31.7 Å². The van der Waals surface area contributed by atoms with Gasteiger partial charge in [-0.2, -0.15) is 5.26 Å². The Morgan fingerprint density at radius 3 is 2.74 bits per heavy atom. The first kappa shape index (κ1) is 14.0. The van der Waals surface area contributed by atoms with Crippen molar-refractivity contribution in [2.45, 2.75) is 45.2 Å². The number of nitrogens with zero attached hydrogens (tertiary/aromatic N) is 2. The minimum Gasteiger partial charge on any atom is -0.299 e. The van der Waals surface area contributed by atoms with Gasteiger partial charge in [-0.15, -0.1) is 0 Å². The fourth-order valence-corrected chi connectivity index (χ4v) is 3.08. The number of halogens is 1. The predicted molar refractivity (Wildman–Crippen MR) is 74.0 cm³/mol. The van der Waals surface area contributed by atoms with Crippen molar-refractivity contribution in [3.05, 3.63) is 35.1 Å². The molecule has 0 aliphatic heterocycles. The summed E-state index contributed by atoms with van der Waals surface area (Å²) in [6, 6.07) is 7.26. The van der Waals surface area contributed by atoms with Crippen molar-refractivity contribution in [1.82, 2.24) is 4.90 Å². The molecule has 2 unspecified atom stereocenters. The summed E-state index contributed by atoms with van der Waals surface area (Å²) in [4.78, 5) is 2.26. The Morgan fingerprint density at radius 2 is 2.11 bits per heavy atom. The Kier molecular flexibility index (Phi) is 4.55. The molecule has 1 fully saturated rings. The van der Waals surface area contributed by atoms with Gasteiger partial charge in [0.05, 0.1) is 11.6 Å². The minimum atomic E-state index is -0.269. The average Bonchev–Trinajstić information content (AvgIpc) is 2.41. The van der Waals surface area contributed by atoms with Gasteiger partial charge >= 0.3 is 0 Å². The zero-order valence-electron chi connectivity index (χ0n) is 11.7. The van der Waals surface area contributed by atoms with Crippen molar-refractivity contribution in [2.24, 2.45) is 5.92 Å². The lowest BCUT2D eigenvalue weighted by atomic mass is 9.85. The number of rotatable bonds is 3. The molecule has 1 aromatic carbocycles. The van der Waals surface area contributed by atoms with Crippen LogP contribution in [-0.4, -0.2) is 18.0 Å². The highest BCUT2D eigenvalue weighted by molar-refractivity contribution is 5.32. The van der Waals surface area contributed by atoms with Crippen LogP contribution in [0.2, 0.25) is 0 Å². The lowest BCUT2D eigenvalue weighted by Gasteiger charge is -2.36. The molecule has 1 aliphatic carbocycles. The van der Waals surface area contributed by atoms with Gasteiger partial charge in [-0.05, 0) is 37.9 Å². The van der Waals surface area contributed by atoms with E-state index >= 15 is 0 Å². The van der Waals surface area contributed by atoms with Gasteiger partial charge in [0, 0.05) is 18.2 Å². The molecule has 102 valence electrons. The Hall–Kier alpha value is -1.40. The monoisotopic (exact) mass is 260 g/mol. The molecule has 0 amide bonds. The van der Waals surface area contributed by atoms with Crippen molar-refractivity contribution < 1.29 is 4.39 Å². The third-order valence-electron chi connectivity index (χ3n) is 4.23. The molecule has 0 spiro atoms. The highest BCUT2D eigenvalue weighted by Gasteiger charge is 2.25. The zero-order valence-corrected chi connectivity index (χ0v) is 11.7. The summed E-state index contributed by atoms with van der Waals surface area (Å²) in [5, 5.41) is 8.75. The molecule has 0 heterocycles. The molecular weight excluding hydrogens is 239 g/mol. The van der Waals surface area contributed by atoms with Crippen molar-refractivity contribution in [3.63, 3.8) is 0 Å². The van der Waals surface area contributed by atoms with Gasteiger partial charge in [-0.1, -0.05) is 25.8 Å². The number of hydrogen-bond donors (Lipinski definition) is 0. The van der Waals surface area contributed by atoms with Gasteiger partial charge < -0.3 is 0 Å². The third-order valence-corrected chi connectivity index (χ3v) is 4.23. The van der Waals surface area contributed by atoms with Crippen molar-refractivity contribution in [1.29, 1.82) is 5.26 Å². The van der Waals surface area contributed by atoms with Crippen LogP contribution in [0.5, 0.6) is 0 Å². The summed E-state index contributed by atoms with van der Waals surface area (Å²) in [7, 11) is 2.07. The van der Waals surface area contributed by atoms with E-state index in [1.54, 1.807) is 12.1 Å². The SMILES string of the molecule is CC1CCCCC1N(C)Cc1ccc(C#N)cc1F. The fourth-order valence-electron chi connectivity index (χ4n) is 3.08. The molecule has 1 aromatic rings. The molecule has 0 bridgehead atoms. The van der Waals surface area contributed by atoms with Gasteiger partial charge in [-0.3, -0.25) is 4.90 Å². The summed E-state index contributed by atoms with van der Waals surface area (Å²) < 4.78 is 13.9. The van der Waals surface area contributed by atoms with E-state index in [4.69, 9.17) is 5.26 Å². The number of benzene rings is 1. The number of nitriles is 1. The summed E-state index contributed by atoms with van der Waals surface area (Å²) in [6.07, 6.45) is 5.06. The highest BCUT2D eigenvalue weighted by Crippen LogP contribution is 2.28. The Bertz CT molecular complexity index is 478. The van der Waals surface area contributed by atoms with Crippen LogP contribution < -0.4 is 0 Å². The molecule has 0 radical (unpaired) electrons. The smallest absolute Gasteiger partial charge is 0.129 e. The normalized spacial score (nSPS) is 23.3. The topological polar surface area (TPSA) is 27.0 Å². The van der Waals surface area contributed by atoms with Crippen LogP contribution in [0.25, 0.3) is 0 Å². The second-order valence-corrected chi connectivity index (χ2v) is 5.66. The average molecular weight is 260 g/mol. The van der Waals surface area contributed by atoms with Crippen LogP contribution in [-0.2, 0) is 6.54 Å². The fraction of sp³-hybridized carbons (Fsp3) is 0.562. The summed E-state index contributed by atoms with van der Waals surface area (Å²) in [6.45, 7) is 2.90. The number of hydrogen-bond acceptors (Lipinski definition) is 2. The van der Waals surface area contributed by atoms with E-state index < -0.39 is 0 Å². The molecule has 3 heteroatoms. The molecule has 2 nitrogen and oxygen atoms in total. The van der Waals surface area contributed by atoms with E-state index in [0.29, 0.717) is 29.6 Å². The predicted octanol–water partition coefficient (Wildman–Crippen LogP) is 3.71. The van der Waals surface area contributed by atoms with E-state index in [2.05, 4.69) is 18.9 Å². The van der Waals surface area contributed by atoms with Crippen LogP contribution >= 0.6 is 0 Å². The van der Waals surface area contributed by atoms with Gasteiger partial charge in [0.1, 0.15) is 5.82 Å². The summed E-state index contributed by atoms with van der Waals surface area (Å²) in [5.74, 6) is 0.412. The minimum absolute atomic E-state index is 0.269. The lowest BCUT2D eigenvalue weighted by molar-refractivity contribution is 0.132. The Labute approximate surface area is 114 Å². The molecule has 2 rings (SSSR count). The molecule has 19 heavy (non-hydrogen) atoms. The molecule has 0 aromatic heterocycles. The summed E-state index contributed by atoms with van der Waals surface area (Å²) in [5.41, 5.74) is 1.06. The van der Waals surface area contributed by atoms with Gasteiger partial charge in [0.2, 0.25) is 0 Å². The maximum Gasteiger partial charge on any atom is 0.129 e. The quantitative estimate of drug-likeness (QED) is 0.828. The van der Waals surface area contributed by atoms with E-state index in [-0.39, 0.29) is 5.82 Å². The molecule has 0 saturated heterocycles. The van der Waals surface area contributed by atoms with E-state index in [1.807, 2.05) is 6.07 Å². The Morgan fingerprint density at radius 1 is 1.37 bits per heavy atom. The maximum absolute atomic E-state index is 13.9. The lowest BCUT2D eigenvalue weighted by Crippen LogP contribution is -2.38. The van der Waals surface area contributed by atoms with Crippen LogP contribution in [0.1, 0.15) is 43.7 Å². The largest absolute Gasteiger partial charge is 0.299 e. The molecular formula is C16H21FN2. The van der Waals surface area contributed by atoms with E-state index in [9.17, 15) is 4.39 Å². The first-order valence-electron chi connectivity index (χ1n) is 7.00. The first-order chi connectivity index (χ1) is 9.11. The summed E-state index contributed by atoms with van der Waals surface area (Å²) >= 11 is 0. The van der Waals surface area contributed by atoms with Crippen molar-refractivity contribution in [2.75, 3.05) is 7.05 Å². The van der Waals surface area contributed by atoms with Gasteiger partial charge in [-0.25, -0.2) is 4.39 Å². The molecule has 1 aliphatic rings. The van der Waals surface area contributed by atoms with Gasteiger partial charge in [0.25, 0.3) is 0 Å².